The van der Waals surface area contributed by atoms with Gasteiger partial charge < -0.3 is 67.4 Å². The van der Waals surface area contributed by atoms with E-state index < -0.39 is 126 Å². The number of ketones is 1. The van der Waals surface area contributed by atoms with Gasteiger partial charge in [0.05, 0.1) is 42.2 Å². The van der Waals surface area contributed by atoms with E-state index in [4.69, 9.17) is 52.1 Å². The van der Waals surface area contributed by atoms with Gasteiger partial charge in [0, 0.05) is 64.4 Å². The number of Topliss-reactive ketones (excluding diaryl/α,β-unsaturated/α-hetero) is 1. The largest absolute Gasteiger partial charge is 0.458 e. The first kappa shape index (κ1) is 53.4. The van der Waals surface area contributed by atoms with Crippen molar-refractivity contribution < 1.29 is 81.8 Å². The first-order chi connectivity index (χ1) is 33.3. The van der Waals surface area contributed by atoms with Crippen molar-refractivity contribution in [3.05, 3.63) is 42.0 Å². The Morgan fingerprint density at radius 3 is 1.96 bits per heavy atom. The van der Waals surface area contributed by atoms with Crippen LogP contribution in [0.3, 0.4) is 0 Å². The quantitative estimate of drug-likeness (QED) is 0.126. The zero-order valence-electron chi connectivity index (χ0n) is 42.5. The fourth-order valence-electron chi connectivity index (χ4n) is 14.3. The van der Waals surface area contributed by atoms with E-state index in [1.165, 1.54) is 27.0 Å². The van der Waals surface area contributed by atoms with E-state index in [0.717, 1.165) is 12.0 Å². The molecule has 3 heterocycles. The number of hydrogen-bond acceptors (Lipinski definition) is 17. The van der Waals surface area contributed by atoms with Gasteiger partial charge in [0.1, 0.15) is 48.5 Å². The highest BCUT2D eigenvalue weighted by Crippen LogP contribution is 2.70. The number of fused-ring (bicyclic) bond motifs is 5. The van der Waals surface area contributed by atoms with Crippen LogP contribution in [0, 0.1) is 34.5 Å². The second-order valence-electron chi connectivity index (χ2n) is 21.7. The molecule has 4 aliphatic carbocycles. The molecule has 3 aliphatic heterocycles. The van der Waals surface area contributed by atoms with Crippen molar-refractivity contribution >= 4 is 23.8 Å². The summed E-state index contributed by atoms with van der Waals surface area (Å²) in [6.45, 7) is 12.4. The summed E-state index contributed by atoms with van der Waals surface area (Å²) in [6.07, 6.45) is -3.20. The van der Waals surface area contributed by atoms with E-state index in [2.05, 4.69) is 6.92 Å². The summed E-state index contributed by atoms with van der Waals surface area (Å²) in [6, 6.07) is 9.38. The lowest BCUT2D eigenvalue weighted by molar-refractivity contribution is -0.352. The van der Waals surface area contributed by atoms with Crippen LogP contribution >= 0.6 is 0 Å². The third-order valence-corrected chi connectivity index (χ3v) is 17.9. The van der Waals surface area contributed by atoms with E-state index in [-0.39, 0.29) is 29.6 Å². The Labute approximate surface area is 412 Å². The zero-order chi connectivity index (χ0) is 50.4. The maximum Gasteiger partial charge on any atom is 0.331 e. The third kappa shape index (κ3) is 9.93. The Kier molecular flexibility index (Phi) is 16.4. The first-order valence-corrected chi connectivity index (χ1v) is 25.5. The van der Waals surface area contributed by atoms with Gasteiger partial charge in [-0.2, -0.15) is 0 Å². The Morgan fingerprint density at radius 1 is 0.700 bits per heavy atom. The predicted octanol–water partition coefficient (Wildman–Crippen LogP) is 5.06. The van der Waals surface area contributed by atoms with Crippen molar-refractivity contribution in [3.8, 4) is 0 Å². The second kappa shape index (κ2) is 21.5. The van der Waals surface area contributed by atoms with Crippen LogP contribution in [0.15, 0.2) is 36.4 Å². The number of esters is 2. The van der Waals surface area contributed by atoms with Crippen LogP contribution in [0.5, 0.6) is 0 Å². The fraction of sp³-hybridized carbons (Fsp3) is 0.792. The SMILES string of the molecule is COC1CC(OC2CCC3(C)C(CCC4C3C(OC(C)=O)C(OC(=O)/C=C/c3ccccc3)C3(C)C(C(C)=O)CCC43O)C2)OC(C)C1OC1CC(OC)C(OC2OC(C)C(O)C(OC)C2O)C(C)O1. The smallest absolute Gasteiger partial charge is 0.331 e. The van der Waals surface area contributed by atoms with Gasteiger partial charge in [0.2, 0.25) is 0 Å². The topological polar surface area (TPSA) is 213 Å². The molecule has 7 fully saturated rings. The van der Waals surface area contributed by atoms with Gasteiger partial charge in [-0.1, -0.05) is 44.2 Å². The average Bonchev–Trinajstić information content (AvgIpc) is 3.61. The normalized spacial score (nSPS) is 47.2. The molecule has 4 saturated carbocycles. The third-order valence-electron chi connectivity index (χ3n) is 17.9. The minimum Gasteiger partial charge on any atom is -0.458 e. The average molecular weight is 987 g/mol. The number of hydrogen-bond donors (Lipinski definition) is 3. The lowest BCUT2D eigenvalue weighted by Crippen LogP contribution is -2.73. The first-order valence-electron chi connectivity index (χ1n) is 25.5. The Hall–Kier alpha value is -2.91. The number of aliphatic hydroxyl groups is 3. The Bertz CT molecular complexity index is 2000. The molecule has 0 radical (unpaired) electrons. The summed E-state index contributed by atoms with van der Waals surface area (Å²) < 4.78 is 68.5. The molecule has 23 unspecified atom stereocenters. The molecule has 3 saturated heterocycles. The highest BCUT2D eigenvalue weighted by Gasteiger charge is 2.76. The van der Waals surface area contributed by atoms with Gasteiger partial charge in [-0.15, -0.1) is 0 Å². The van der Waals surface area contributed by atoms with Crippen LogP contribution in [0.25, 0.3) is 6.08 Å². The summed E-state index contributed by atoms with van der Waals surface area (Å²) in [7, 11) is 4.64. The van der Waals surface area contributed by atoms with Crippen LogP contribution in [-0.2, 0) is 66.5 Å². The minimum absolute atomic E-state index is 0.0903. The number of aliphatic hydroxyl groups excluding tert-OH is 2. The summed E-state index contributed by atoms with van der Waals surface area (Å²) in [5, 5.41) is 34.5. The van der Waals surface area contributed by atoms with Crippen LogP contribution in [0.2, 0.25) is 0 Å². The molecule has 1 aromatic carbocycles. The summed E-state index contributed by atoms with van der Waals surface area (Å²) >= 11 is 0. The highest BCUT2D eigenvalue weighted by atomic mass is 16.8. The molecule has 1 aromatic rings. The number of carbonyl (C=O) groups is 3. The summed E-state index contributed by atoms with van der Waals surface area (Å²) in [4.78, 5) is 40.4. The molecule has 7 aliphatic rings. The Morgan fingerprint density at radius 2 is 1.34 bits per heavy atom. The number of carbonyl (C=O) groups excluding carboxylic acids is 3. The molecule has 70 heavy (non-hydrogen) atoms. The molecule has 0 aromatic heterocycles. The van der Waals surface area contributed by atoms with Crippen LogP contribution < -0.4 is 0 Å². The van der Waals surface area contributed by atoms with Gasteiger partial charge in [0.25, 0.3) is 0 Å². The molecule has 17 nitrogen and oxygen atoms in total. The molecule has 0 spiro atoms. The van der Waals surface area contributed by atoms with E-state index in [1.54, 1.807) is 27.2 Å². The van der Waals surface area contributed by atoms with Crippen molar-refractivity contribution in [1.82, 2.24) is 0 Å². The molecule has 23 atom stereocenters. The maximum atomic E-state index is 13.8. The van der Waals surface area contributed by atoms with Crippen molar-refractivity contribution in [2.45, 2.75) is 210 Å². The Balaban J connectivity index is 0.935. The molecular formula is C53H78O17. The number of methoxy groups -OCH3 is 3. The van der Waals surface area contributed by atoms with Gasteiger partial charge >= 0.3 is 11.9 Å². The van der Waals surface area contributed by atoms with Gasteiger partial charge in [-0.05, 0) is 102 Å². The number of benzene rings is 1. The summed E-state index contributed by atoms with van der Waals surface area (Å²) in [5.41, 5.74) is -2.19. The number of ether oxygens (including phenoxy) is 11. The van der Waals surface area contributed by atoms with E-state index >= 15 is 0 Å². The molecule has 392 valence electrons. The van der Waals surface area contributed by atoms with Crippen LogP contribution in [0.4, 0.5) is 0 Å². The molecular weight excluding hydrogens is 909 g/mol. The minimum atomic E-state index is -1.35. The molecule has 3 N–H and O–H groups in total. The lowest BCUT2D eigenvalue weighted by Gasteiger charge is -2.66. The molecule has 8 rings (SSSR count). The van der Waals surface area contributed by atoms with E-state index in [0.29, 0.717) is 51.4 Å². The van der Waals surface area contributed by atoms with E-state index in [9.17, 15) is 29.7 Å². The van der Waals surface area contributed by atoms with Crippen molar-refractivity contribution in [2.24, 2.45) is 34.5 Å². The van der Waals surface area contributed by atoms with Crippen LogP contribution in [-0.4, -0.2) is 158 Å². The van der Waals surface area contributed by atoms with Crippen molar-refractivity contribution in [3.63, 3.8) is 0 Å². The fourth-order valence-corrected chi connectivity index (χ4v) is 14.3. The van der Waals surface area contributed by atoms with Gasteiger partial charge in [-0.25, -0.2) is 4.79 Å². The monoisotopic (exact) mass is 987 g/mol. The molecule has 0 bridgehead atoms. The number of rotatable bonds is 14. The van der Waals surface area contributed by atoms with E-state index in [1.807, 2.05) is 51.1 Å². The highest BCUT2D eigenvalue weighted by molar-refractivity contribution is 5.87. The lowest BCUT2D eigenvalue weighted by atomic mass is 9.41. The molecule has 0 amide bonds. The maximum absolute atomic E-state index is 13.8. The van der Waals surface area contributed by atoms with Crippen molar-refractivity contribution in [2.75, 3.05) is 21.3 Å². The summed E-state index contributed by atoms with van der Waals surface area (Å²) in [5.74, 6) is -2.40. The van der Waals surface area contributed by atoms with Crippen LogP contribution in [0.1, 0.15) is 112 Å². The zero-order valence-corrected chi connectivity index (χ0v) is 42.5. The van der Waals surface area contributed by atoms with Crippen molar-refractivity contribution in [1.29, 1.82) is 0 Å². The van der Waals surface area contributed by atoms with Gasteiger partial charge in [0.15, 0.2) is 18.9 Å². The standard InChI is InChI=1S/C53H78O17/c1-27(54)35-21-23-53(59)36-18-17-33-24-34(20-22-51(33,6)42(36)47(66-31(5)55)49(52(35,53)7)68-39(56)19-16-32-14-12-11-13-15-32)67-40-25-37(60-8)45(29(3)63-40)69-41-26-38(61-9)46(30(4)64-41)70-50-44(58)48(62-10)43(57)28(2)65-50/h11-16,19,28-30,33-38,40-50,57-59H,17-18,20-26H2,1-10H3/b19-16+. The predicted molar refractivity (Wildman–Crippen MR) is 250 cm³/mol. The molecule has 17 heteroatoms. The van der Waals surface area contributed by atoms with Gasteiger partial charge in [-0.3, -0.25) is 9.59 Å². The second-order valence-corrected chi connectivity index (χ2v) is 21.7.